The molecule has 2 aliphatic rings. The zero-order valence-electron chi connectivity index (χ0n) is 20.2. The quantitative estimate of drug-likeness (QED) is 0.394. The van der Waals surface area contributed by atoms with Gasteiger partial charge in [0.05, 0.1) is 11.5 Å². The van der Waals surface area contributed by atoms with E-state index < -0.39 is 5.82 Å². The molecule has 2 saturated heterocycles. The van der Waals surface area contributed by atoms with Gasteiger partial charge in [-0.3, -0.25) is 4.98 Å². The van der Waals surface area contributed by atoms with Crippen LogP contribution >= 0.6 is 11.6 Å². The Morgan fingerprint density at radius 3 is 2.64 bits per heavy atom. The molecule has 0 aliphatic carbocycles. The lowest BCUT2D eigenvalue weighted by Crippen LogP contribution is -2.51. The van der Waals surface area contributed by atoms with E-state index in [0.717, 1.165) is 36.7 Å². The monoisotopic (exact) mass is 507 g/mol. The highest BCUT2D eigenvalue weighted by Gasteiger charge is 2.34. The molecule has 36 heavy (non-hydrogen) atoms. The van der Waals surface area contributed by atoms with Gasteiger partial charge in [0.1, 0.15) is 23.6 Å². The third-order valence-electron chi connectivity index (χ3n) is 7.12. The van der Waals surface area contributed by atoms with Crippen LogP contribution in [-0.4, -0.2) is 59.9 Å². The van der Waals surface area contributed by atoms with Crippen molar-refractivity contribution in [3.8, 4) is 17.3 Å². The van der Waals surface area contributed by atoms with E-state index >= 15 is 4.39 Å². The standard InChI is InChI=1S/C27H27ClFN5O2/c1-15(35-2)14-36-27-32-25-20(26(33-27)34-12-17-9-10-18(13-34)31-17)11-30-24(23(25)29)19-7-3-5-16-6-4-8-21(28)22(16)19/h3-8,11,15,17-18,31H,9-10,12-14H2,1-2H3/t15-,17?,18?/m1/s1. The molecule has 2 bridgehead atoms. The minimum absolute atomic E-state index is 0.124. The molecule has 4 heterocycles. The Bertz CT molecular complexity index is 1430. The topological polar surface area (TPSA) is 72.4 Å². The van der Waals surface area contributed by atoms with E-state index in [1.54, 1.807) is 19.4 Å². The van der Waals surface area contributed by atoms with Crippen LogP contribution in [0.1, 0.15) is 19.8 Å². The molecule has 0 amide bonds. The Kier molecular flexibility index (Phi) is 6.11. The summed E-state index contributed by atoms with van der Waals surface area (Å²) in [5.41, 5.74) is 0.996. The number of aromatic nitrogens is 3. The number of fused-ring (bicyclic) bond motifs is 4. The Labute approximate surface area is 213 Å². The minimum Gasteiger partial charge on any atom is -0.461 e. The molecule has 1 N–H and O–H groups in total. The fourth-order valence-corrected chi connectivity index (χ4v) is 5.52. The van der Waals surface area contributed by atoms with Gasteiger partial charge < -0.3 is 19.7 Å². The number of halogens is 2. The fraction of sp³-hybridized carbons (Fsp3) is 0.370. The molecule has 3 atom stereocenters. The first-order valence-corrected chi connectivity index (χ1v) is 12.6. The predicted molar refractivity (Wildman–Crippen MR) is 139 cm³/mol. The van der Waals surface area contributed by atoms with Gasteiger partial charge in [-0.1, -0.05) is 41.9 Å². The van der Waals surface area contributed by atoms with Crippen LogP contribution in [0.15, 0.2) is 42.6 Å². The highest BCUT2D eigenvalue weighted by molar-refractivity contribution is 6.36. The molecule has 9 heteroatoms. The van der Waals surface area contributed by atoms with E-state index in [0.29, 0.717) is 33.9 Å². The molecule has 2 fully saturated rings. The highest BCUT2D eigenvalue weighted by atomic mass is 35.5. The first kappa shape index (κ1) is 23.3. The van der Waals surface area contributed by atoms with Gasteiger partial charge in [0.15, 0.2) is 5.82 Å². The number of nitrogens with one attached hydrogen (secondary N) is 1. The first-order valence-electron chi connectivity index (χ1n) is 12.2. The van der Waals surface area contributed by atoms with E-state index in [4.69, 9.17) is 26.1 Å². The molecule has 0 spiro atoms. The van der Waals surface area contributed by atoms with E-state index in [-0.39, 0.29) is 29.9 Å². The third-order valence-corrected chi connectivity index (χ3v) is 7.43. The average molecular weight is 508 g/mol. The summed E-state index contributed by atoms with van der Waals surface area (Å²) < 4.78 is 27.4. The van der Waals surface area contributed by atoms with Gasteiger partial charge in [-0.25, -0.2) is 4.39 Å². The number of nitrogens with zero attached hydrogens (tertiary/aromatic N) is 4. The predicted octanol–water partition coefficient (Wildman–Crippen LogP) is 4.99. The maximum absolute atomic E-state index is 16.3. The Balaban J connectivity index is 1.51. The van der Waals surface area contributed by atoms with Crippen molar-refractivity contribution in [3.63, 3.8) is 0 Å². The second-order valence-electron chi connectivity index (χ2n) is 9.56. The molecule has 186 valence electrons. The van der Waals surface area contributed by atoms with E-state index in [1.807, 2.05) is 37.3 Å². The van der Waals surface area contributed by atoms with Crippen LogP contribution in [0.5, 0.6) is 6.01 Å². The van der Waals surface area contributed by atoms with Gasteiger partial charge in [-0.15, -0.1) is 0 Å². The third kappa shape index (κ3) is 4.13. The number of methoxy groups -OCH3 is 1. The van der Waals surface area contributed by atoms with Crippen LogP contribution in [-0.2, 0) is 4.74 Å². The van der Waals surface area contributed by atoms with Gasteiger partial charge in [0, 0.05) is 54.5 Å². The highest BCUT2D eigenvalue weighted by Crippen LogP contribution is 2.38. The molecule has 2 unspecified atom stereocenters. The molecule has 2 aliphatic heterocycles. The maximum atomic E-state index is 16.3. The van der Waals surface area contributed by atoms with Crippen LogP contribution < -0.4 is 15.0 Å². The summed E-state index contributed by atoms with van der Waals surface area (Å²) >= 11 is 6.53. The van der Waals surface area contributed by atoms with Crippen molar-refractivity contribution in [2.45, 2.75) is 38.0 Å². The van der Waals surface area contributed by atoms with Gasteiger partial charge in [-0.2, -0.15) is 9.97 Å². The maximum Gasteiger partial charge on any atom is 0.319 e. The number of pyridine rings is 1. The van der Waals surface area contributed by atoms with Crippen molar-refractivity contribution in [2.24, 2.45) is 0 Å². The number of piperazine rings is 1. The van der Waals surface area contributed by atoms with Crippen LogP contribution in [0.3, 0.4) is 0 Å². The summed E-state index contributed by atoms with van der Waals surface area (Å²) in [5.74, 6) is 0.124. The van der Waals surface area contributed by atoms with Crippen LogP contribution in [0.4, 0.5) is 10.2 Å². The van der Waals surface area contributed by atoms with Gasteiger partial charge in [-0.05, 0) is 31.2 Å². The van der Waals surface area contributed by atoms with Crippen molar-refractivity contribution in [1.82, 2.24) is 20.3 Å². The second-order valence-corrected chi connectivity index (χ2v) is 9.96. The van der Waals surface area contributed by atoms with Crippen LogP contribution in [0, 0.1) is 5.82 Å². The molecular weight excluding hydrogens is 481 g/mol. The Hall–Kier alpha value is -3.07. The van der Waals surface area contributed by atoms with Gasteiger partial charge >= 0.3 is 6.01 Å². The van der Waals surface area contributed by atoms with E-state index in [9.17, 15) is 0 Å². The Morgan fingerprint density at radius 1 is 1.14 bits per heavy atom. The smallest absolute Gasteiger partial charge is 0.319 e. The summed E-state index contributed by atoms with van der Waals surface area (Å²) in [7, 11) is 1.62. The van der Waals surface area contributed by atoms with Crippen molar-refractivity contribution in [1.29, 1.82) is 0 Å². The first-order chi connectivity index (χ1) is 17.5. The zero-order chi connectivity index (χ0) is 24.8. The molecule has 2 aromatic carbocycles. The number of hydrogen-bond acceptors (Lipinski definition) is 7. The number of rotatable bonds is 6. The average Bonchev–Trinajstić information content (AvgIpc) is 3.24. The summed E-state index contributed by atoms with van der Waals surface area (Å²) in [6, 6.07) is 12.2. The van der Waals surface area contributed by atoms with E-state index in [2.05, 4.69) is 20.2 Å². The number of anilines is 1. The lowest BCUT2D eigenvalue weighted by atomic mass is 10.0. The largest absolute Gasteiger partial charge is 0.461 e. The molecule has 6 rings (SSSR count). The van der Waals surface area contributed by atoms with Gasteiger partial charge in [0.25, 0.3) is 0 Å². The van der Waals surface area contributed by atoms with E-state index in [1.165, 1.54) is 0 Å². The van der Waals surface area contributed by atoms with Crippen molar-refractivity contribution in [2.75, 3.05) is 31.7 Å². The minimum atomic E-state index is -0.522. The molecule has 0 radical (unpaired) electrons. The molecule has 0 saturated carbocycles. The molecule has 4 aromatic rings. The lowest BCUT2D eigenvalue weighted by molar-refractivity contribution is 0.0682. The molecule has 2 aromatic heterocycles. The van der Waals surface area contributed by atoms with Crippen molar-refractivity contribution in [3.05, 3.63) is 53.4 Å². The van der Waals surface area contributed by atoms with Gasteiger partial charge in [0.2, 0.25) is 0 Å². The normalized spacial score (nSPS) is 20.3. The summed E-state index contributed by atoms with van der Waals surface area (Å²) in [4.78, 5) is 16.0. The zero-order valence-corrected chi connectivity index (χ0v) is 20.9. The second kappa shape index (κ2) is 9.42. The summed E-state index contributed by atoms with van der Waals surface area (Å²) in [6.45, 7) is 3.73. The number of hydrogen-bond donors (Lipinski definition) is 1. The van der Waals surface area contributed by atoms with Crippen LogP contribution in [0.2, 0.25) is 5.02 Å². The summed E-state index contributed by atoms with van der Waals surface area (Å²) in [5, 5.41) is 6.41. The lowest BCUT2D eigenvalue weighted by Gasteiger charge is -2.34. The molecular formula is C27H27ClFN5O2. The number of ether oxygens (including phenoxy) is 2. The number of benzene rings is 2. The molecule has 7 nitrogen and oxygen atoms in total. The summed E-state index contributed by atoms with van der Waals surface area (Å²) in [6.07, 6.45) is 3.76. The van der Waals surface area contributed by atoms with Crippen molar-refractivity contribution >= 4 is 39.1 Å². The van der Waals surface area contributed by atoms with Crippen molar-refractivity contribution < 1.29 is 13.9 Å². The van der Waals surface area contributed by atoms with Crippen LogP contribution in [0.25, 0.3) is 32.9 Å². The Morgan fingerprint density at radius 2 is 1.89 bits per heavy atom. The SMILES string of the molecule is CO[C@H](C)COc1nc(N2CC3CCC(C2)N3)c2cnc(-c3cccc4cccc(Cl)c34)c(F)c2n1. The fourth-order valence-electron chi connectivity index (χ4n) is 5.24.